The maximum absolute atomic E-state index is 12.7. The van der Waals surface area contributed by atoms with Gasteiger partial charge in [-0.05, 0) is 18.2 Å². The lowest BCUT2D eigenvalue weighted by molar-refractivity contribution is 0.151. The Morgan fingerprint density at radius 3 is 2.56 bits per heavy atom. The number of aromatic nitrogens is 2. The van der Waals surface area contributed by atoms with Crippen molar-refractivity contribution in [3.63, 3.8) is 0 Å². The van der Waals surface area contributed by atoms with Crippen LogP contribution in [0.25, 0.3) is 11.1 Å². The van der Waals surface area contributed by atoms with E-state index in [0.29, 0.717) is 22.7 Å². The summed E-state index contributed by atoms with van der Waals surface area (Å²) in [6.45, 7) is 0. The number of nitrogens with zero attached hydrogens (tertiary/aromatic N) is 2. The number of nitrogen functional groups attached to an aromatic ring is 1. The molecule has 1 heterocycles. The molecule has 2 rings (SSSR count). The second kappa shape index (κ2) is 4.64. The summed E-state index contributed by atoms with van der Waals surface area (Å²) in [5.74, 6) is 0.888. The SMILES string of the molecule is COc1ccc(C(F)F)cc1-c1cnn(C)c1N. The molecule has 0 amide bonds. The maximum atomic E-state index is 12.7. The fraction of sp³-hybridized carbons (Fsp3) is 0.250. The Morgan fingerprint density at radius 1 is 1.33 bits per heavy atom. The van der Waals surface area contributed by atoms with E-state index in [1.165, 1.54) is 36.2 Å². The number of rotatable bonds is 3. The van der Waals surface area contributed by atoms with Crippen molar-refractivity contribution in [1.29, 1.82) is 0 Å². The van der Waals surface area contributed by atoms with Gasteiger partial charge in [-0.3, -0.25) is 4.68 Å². The minimum Gasteiger partial charge on any atom is -0.496 e. The molecule has 18 heavy (non-hydrogen) atoms. The normalized spacial score (nSPS) is 10.9. The summed E-state index contributed by atoms with van der Waals surface area (Å²) < 4.78 is 32.1. The van der Waals surface area contributed by atoms with E-state index in [9.17, 15) is 8.78 Å². The summed E-state index contributed by atoms with van der Waals surface area (Å²) in [5.41, 5.74) is 6.86. The highest BCUT2D eigenvalue weighted by atomic mass is 19.3. The standard InChI is InChI=1S/C12H13F2N3O/c1-17-12(15)9(6-16-17)8-5-7(11(13)14)3-4-10(8)18-2/h3-6,11H,15H2,1-2H3. The lowest BCUT2D eigenvalue weighted by Gasteiger charge is -2.10. The monoisotopic (exact) mass is 253 g/mol. The molecule has 96 valence electrons. The van der Waals surface area contributed by atoms with Gasteiger partial charge in [0.25, 0.3) is 6.43 Å². The van der Waals surface area contributed by atoms with Crippen LogP contribution in [0.2, 0.25) is 0 Å². The lowest BCUT2D eigenvalue weighted by Crippen LogP contribution is -1.99. The first-order valence-corrected chi connectivity index (χ1v) is 5.28. The predicted octanol–water partition coefficient (Wildman–Crippen LogP) is 2.62. The Hall–Kier alpha value is -2.11. The van der Waals surface area contributed by atoms with Crippen LogP contribution in [-0.2, 0) is 7.05 Å². The van der Waals surface area contributed by atoms with Crippen molar-refractivity contribution in [2.45, 2.75) is 6.43 Å². The number of hydrogen-bond donors (Lipinski definition) is 1. The van der Waals surface area contributed by atoms with Gasteiger partial charge >= 0.3 is 0 Å². The number of ether oxygens (including phenoxy) is 1. The number of alkyl halides is 2. The molecule has 0 radical (unpaired) electrons. The first-order chi connectivity index (χ1) is 8.54. The molecule has 0 aliphatic carbocycles. The van der Waals surface area contributed by atoms with E-state index in [4.69, 9.17) is 10.5 Å². The third-order valence-corrected chi connectivity index (χ3v) is 2.75. The molecule has 0 saturated carbocycles. The molecule has 0 bridgehead atoms. The van der Waals surface area contributed by atoms with Crippen LogP contribution >= 0.6 is 0 Å². The molecule has 0 aliphatic rings. The fourth-order valence-electron chi connectivity index (χ4n) is 1.73. The van der Waals surface area contributed by atoms with Crippen molar-refractivity contribution < 1.29 is 13.5 Å². The van der Waals surface area contributed by atoms with Crippen molar-refractivity contribution in [2.75, 3.05) is 12.8 Å². The molecular formula is C12H13F2N3O. The van der Waals surface area contributed by atoms with E-state index in [0.717, 1.165) is 0 Å². The average molecular weight is 253 g/mol. The van der Waals surface area contributed by atoms with Gasteiger partial charge in [-0.25, -0.2) is 8.78 Å². The number of benzene rings is 1. The van der Waals surface area contributed by atoms with Gasteiger partial charge in [0.1, 0.15) is 11.6 Å². The van der Waals surface area contributed by atoms with Crippen LogP contribution < -0.4 is 10.5 Å². The molecule has 0 fully saturated rings. The summed E-state index contributed by atoms with van der Waals surface area (Å²) in [6, 6.07) is 4.21. The zero-order chi connectivity index (χ0) is 13.3. The van der Waals surface area contributed by atoms with Gasteiger partial charge in [-0.2, -0.15) is 5.10 Å². The van der Waals surface area contributed by atoms with Crippen molar-refractivity contribution in [1.82, 2.24) is 9.78 Å². The van der Waals surface area contributed by atoms with Crippen LogP contribution in [0.3, 0.4) is 0 Å². The number of hydrogen-bond acceptors (Lipinski definition) is 3. The number of nitrogens with two attached hydrogens (primary N) is 1. The fourth-order valence-corrected chi connectivity index (χ4v) is 1.73. The molecule has 2 aromatic rings. The van der Waals surface area contributed by atoms with Crippen molar-refractivity contribution in [3.05, 3.63) is 30.0 Å². The molecule has 4 nitrogen and oxygen atoms in total. The minimum atomic E-state index is -2.53. The molecule has 2 N–H and O–H groups in total. The van der Waals surface area contributed by atoms with Gasteiger partial charge in [-0.1, -0.05) is 0 Å². The molecule has 0 spiro atoms. The van der Waals surface area contributed by atoms with Crippen LogP contribution in [0.5, 0.6) is 5.75 Å². The predicted molar refractivity (Wildman–Crippen MR) is 64.6 cm³/mol. The summed E-state index contributed by atoms with van der Waals surface area (Å²) in [4.78, 5) is 0. The Morgan fingerprint density at radius 2 is 2.06 bits per heavy atom. The van der Waals surface area contributed by atoms with E-state index in [-0.39, 0.29) is 5.56 Å². The third kappa shape index (κ3) is 2.01. The molecule has 0 atom stereocenters. The van der Waals surface area contributed by atoms with E-state index in [1.54, 1.807) is 7.05 Å². The molecule has 0 aliphatic heterocycles. The van der Waals surface area contributed by atoms with Crippen LogP contribution in [0.4, 0.5) is 14.6 Å². The van der Waals surface area contributed by atoms with E-state index in [2.05, 4.69) is 5.10 Å². The highest BCUT2D eigenvalue weighted by Gasteiger charge is 2.16. The Kier molecular flexibility index (Phi) is 3.18. The van der Waals surface area contributed by atoms with Gasteiger partial charge in [0, 0.05) is 23.7 Å². The summed E-state index contributed by atoms with van der Waals surface area (Å²) >= 11 is 0. The Bertz CT molecular complexity index is 566. The number of methoxy groups -OCH3 is 1. The number of halogens is 2. The first-order valence-electron chi connectivity index (χ1n) is 5.28. The molecule has 0 saturated heterocycles. The summed E-state index contributed by atoms with van der Waals surface area (Å²) in [6.07, 6.45) is -1.00. The van der Waals surface area contributed by atoms with Crippen LogP contribution in [-0.4, -0.2) is 16.9 Å². The van der Waals surface area contributed by atoms with Crippen molar-refractivity contribution in [2.24, 2.45) is 7.05 Å². The second-order valence-electron chi connectivity index (χ2n) is 3.83. The second-order valence-corrected chi connectivity index (χ2v) is 3.83. The molecule has 1 aromatic heterocycles. The molecule has 0 unspecified atom stereocenters. The lowest BCUT2D eigenvalue weighted by atomic mass is 10.0. The zero-order valence-corrected chi connectivity index (χ0v) is 10.0. The minimum absolute atomic E-state index is 0.0750. The van der Waals surface area contributed by atoms with E-state index >= 15 is 0 Å². The van der Waals surface area contributed by atoms with Crippen molar-refractivity contribution in [3.8, 4) is 16.9 Å². The number of anilines is 1. The summed E-state index contributed by atoms with van der Waals surface area (Å²) in [7, 11) is 3.16. The Balaban J connectivity index is 2.60. The maximum Gasteiger partial charge on any atom is 0.263 e. The molecule has 1 aromatic carbocycles. The van der Waals surface area contributed by atoms with E-state index in [1.807, 2.05) is 0 Å². The van der Waals surface area contributed by atoms with Gasteiger partial charge in [0.2, 0.25) is 0 Å². The van der Waals surface area contributed by atoms with Crippen molar-refractivity contribution >= 4 is 5.82 Å². The highest BCUT2D eigenvalue weighted by Crippen LogP contribution is 2.36. The zero-order valence-electron chi connectivity index (χ0n) is 10.0. The van der Waals surface area contributed by atoms with Gasteiger partial charge < -0.3 is 10.5 Å². The highest BCUT2D eigenvalue weighted by molar-refractivity contribution is 5.78. The first kappa shape index (κ1) is 12.3. The topological polar surface area (TPSA) is 53.1 Å². The van der Waals surface area contributed by atoms with Gasteiger partial charge in [-0.15, -0.1) is 0 Å². The molecule has 6 heteroatoms. The molecular weight excluding hydrogens is 240 g/mol. The van der Waals surface area contributed by atoms with Crippen LogP contribution in [0.15, 0.2) is 24.4 Å². The van der Waals surface area contributed by atoms with E-state index < -0.39 is 6.43 Å². The third-order valence-electron chi connectivity index (χ3n) is 2.75. The van der Waals surface area contributed by atoms with Gasteiger partial charge in [0.05, 0.1) is 13.3 Å². The quantitative estimate of drug-likeness (QED) is 0.914. The summed E-state index contributed by atoms with van der Waals surface area (Å²) in [5, 5.41) is 3.99. The van der Waals surface area contributed by atoms with Gasteiger partial charge in [0.15, 0.2) is 0 Å². The largest absolute Gasteiger partial charge is 0.496 e. The van der Waals surface area contributed by atoms with Crippen LogP contribution in [0.1, 0.15) is 12.0 Å². The Labute approximate surface area is 103 Å². The van der Waals surface area contributed by atoms with Crippen LogP contribution in [0, 0.1) is 0 Å². The smallest absolute Gasteiger partial charge is 0.263 e. The average Bonchev–Trinajstić information content (AvgIpc) is 2.69. The number of aryl methyl sites for hydroxylation is 1.